The highest BCUT2D eigenvalue weighted by atomic mass is 16.5. The summed E-state index contributed by atoms with van der Waals surface area (Å²) in [6, 6.07) is 6.54. The van der Waals surface area contributed by atoms with E-state index in [0.717, 1.165) is 76.5 Å². The van der Waals surface area contributed by atoms with Crippen molar-refractivity contribution in [2.45, 2.75) is 90.6 Å². The number of aryl methyl sites for hydroxylation is 2. The Morgan fingerprint density at radius 1 is 0.763 bits per heavy atom. The molecule has 2 aromatic heterocycles. The number of nitrogens with one attached hydrogen (secondary N) is 4. The minimum Gasteiger partial charge on any atom is -0.488 e. The molecule has 1 aliphatic carbocycles. The van der Waals surface area contributed by atoms with Crippen LogP contribution in [0.15, 0.2) is 48.8 Å². The number of imidazole rings is 2. The van der Waals surface area contributed by atoms with E-state index >= 15 is 0 Å². The lowest BCUT2D eigenvalue weighted by Crippen LogP contribution is -2.51. The van der Waals surface area contributed by atoms with Crippen LogP contribution in [0.25, 0.3) is 33.6 Å². The summed E-state index contributed by atoms with van der Waals surface area (Å²) in [6.07, 6.45) is 6.28. The van der Waals surface area contributed by atoms with Gasteiger partial charge in [-0.15, -0.1) is 0 Å². The van der Waals surface area contributed by atoms with Gasteiger partial charge in [-0.05, 0) is 96.0 Å². The van der Waals surface area contributed by atoms with Crippen molar-refractivity contribution in [3.63, 3.8) is 0 Å². The van der Waals surface area contributed by atoms with Crippen molar-refractivity contribution >= 4 is 24.0 Å². The Labute approximate surface area is 343 Å². The number of hydrogen-bond donors (Lipinski definition) is 4. The highest BCUT2D eigenvalue weighted by Gasteiger charge is 2.40. The van der Waals surface area contributed by atoms with Gasteiger partial charge in [-0.25, -0.2) is 19.6 Å². The molecule has 4 N–H and O–H groups in total. The van der Waals surface area contributed by atoms with Gasteiger partial charge in [0.05, 0.1) is 44.0 Å². The van der Waals surface area contributed by atoms with E-state index in [2.05, 4.69) is 51.4 Å². The second-order valence-electron chi connectivity index (χ2n) is 16.6. The Kier molecular flexibility index (Phi) is 10.7. The van der Waals surface area contributed by atoms with Gasteiger partial charge in [0.1, 0.15) is 42.1 Å². The number of methoxy groups -OCH3 is 2. The number of ether oxygens (including phenoxy) is 3. The van der Waals surface area contributed by atoms with Gasteiger partial charge in [0, 0.05) is 29.8 Å². The molecule has 0 bridgehead atoms. The van der Waals surface area contributed by atoms with Crippen molar-refractivity contribution in [3.05, 3.63) is 77.2 Å². The number of carbonyl (C=O) groups excluding carboxylic acids is 4. The molecule has 8 rings (SSSR count). The maximum Gasteiger partial charge on any atom is 0.407 e. The molecule has 59 heavy (non-hydrogen) atoms. The van der Waals surface area contributed by atoms with Crippen molar-refractivity contribution < 1.29 is 33.4 Å². The molecular formula is C44H52N8O7. The number of aromatic nitrogens is 4. The smallest absolute Gasteiger partial charge is 0.407 e. The fraction of sp³-hybridized carbons (Fsp3) is 0.455. The molecule has 4 amide bonds. The zero-order valence-electron chi connectivity index (χ0n) is 34.4. The summed E-state index contributed by atoms with van der Waals surface area (Å²) >= 11 is 0. The number of H-pyrrole nitrogens is 2. The van der Waals surface area contributed by atoms with E-state index in [1.54, 1.807) is 11.1 Å². The first-order chi connectivity index (χ1) is 28.4. The van der Waals surface area contributed by atoms with E-state index in [0.29, 0.717) is 31.9 Å². The molecule has 2 saturated heterocycles. The van der Waals surface area contributed by atoms with Gasteiger partial charge in [0.15, 0.2) is 0 Å². The van der Waals surface area contributed by atoms with Crippen molar-refractivity contribution in [2.24, 2.45) is 11.8 Å². The summed E-state index contributed by atoms with van der Waals surface area (Å²) in [5, 5.41) is 5.41. The fourth-order valence-electron chi connectivity index (χ4n) is 9.08. The zero-order chi connectivity index (χ0) is 41.7. The summed E-state index contributed by atoms with van der Waals surface area (Å²) in [7, 11) is 2.57. The fourth-order valence-corrected chi connectivity index (χ4v) is 9.08. The maximum atomic E-state index is 13.8. The summed E-state index contributed by atoms with van der Waals surface area (Å²) in [6.45, 7) is 13.3. The zero-order valence-corrected chi connectivity index (χ0v) is 34.4. The second kappa shape index (κ2) is 15.9. The summed E-state index contributed by atoms with van der Waals surface area (Å²) in [5.41, 5.74) is 10.4. The largest absolute Gasteiger partial charge is 0.488 e. The number of benzene rings is 2. The summed E-state index contributed by atoms with van der Waals surface area (Å²) in [5.74, 6) is 1.55. The highest BCUT2D eigenvalue weighted by Crippen LogP contribution is 2.49. The van der Waals surface area contributed by atoms with Gasteiger partial charge >= 0.3 is 12.2 Å². The molecule has 2 fully saturated rings. The van der Waals surface area contributed by atoms with Crippen LogP contribution in [0.4, 0.5) is 9.59 Å². The third-order valence-corrected chi connectivity index (χ3v) is 12.1. The highest BCUT2D eigenvalue weighted by molar-refractivity contribution is 5.89. The van der Waals surface area contributed by atoms with E-state index < -0.39 is 30.3 Å². The van der Waals surface area contributed by atoms with Gasteiger partial charge in [-0.1, -0.05) is 34.3 Å². The lowest BCUT2D eigenvalue weighted by atomic mass is 9.79. The number of rotatable bonds is 10. The average Bonchev–Trinajstić information content (AvgIpc) is 4.07. The van der Waals surface area contributed by atoms with E-state index in [1.165, 1.54) is 30.9 Å². The number of carbonyl (C=O) groups is 4. The van der Waals surface area contributed by atoms with Crippen LogP contribution in [0.3, 0.4) is 0 Å². The lowest BCUT2D eigenvalue weighted by Gasteiger charge is -2.30. The first-order valence-corrected chi connectivity index (χ1v) is 20.4. The Hall–Kier alpha value is -6.12. The van der Waals surface area contributed by atoms with Gasteiger partial charge in [-0.2, -0.15) is 0 Å². The monoisotopic (exact) mass is 804 g/mol. The quantitative estimate of drug-likeness (QED) is 0.132. The van der Waals surface area contributed by atoms with Crippen LogP contribution < -0.4 is 15.4 Å². The van der Waals surface area contributed by atoms with Crippen LogP contribution >= 0.6 is 0 Å². The van der Waals surface area contributed by atoms with Gasteiger partial charge < -0.3 is 44.6 Å². The van der Waals surface area contributed by atoms with Gasteiger partial charge in [-0.3, -0.25) is 9.59 Å². The molecule has 0 saturated carbocycles. The SMILES string of the molecule is C=C1CCN(C(=O)C(NC(=O)OC)C(C)C)C1c1ncc(-c2cc3c4c(c2)OCc2cc(-c5cnc(C6CCCN6C(=O)C(NC(=O)OC)C(C)C)[nH]5)cc(c2-4)CC3)[nH]1. The first-order valence-electron chi connectivity index (χ1n) is 20.4. The molecule has 4 atom stereocenters. The number of nitrogens with zero attached hydrogens (tertiary/aromatic N) is 4. The predicted octanol–water partition coefficient (Wildman–Crippen LogP) is 6.38. The molecule has 3 aliphatic heterocycles. The Morgan fingerprint density at radius 3 is 1.95 bits per heavy atom. The van der Waals surface area contributed by atoms with Crippen molar-refractivity contribution in [3.8, 4) is 39.4 Å². The van der Waals surface area contributed by atoms with Crippen LogP contribution in [-0.2, 0) is 38.5 Å². The number of alkyl carbamates (subject to hydrolysis) is 2. The predicted molar refractivity (Wildman–Crippen MR) is 219 cm³/mol. The van der Waals surface area contributed by atoms with E-state index in [4.69, 9.17) is 24.2 Å². The minimum atomic E-state index is -0.751. The Morgan fingerprint density at radius 2 is 1.32 bits per heavy atom. The van der Waals surface area contributed by atoms with Crippen LogP contribution in [0.1, 0.15) is 87.4 Å². The van der Waals surface area contributed by atoms with E-state index in [9.17, 15) is 19.2 Å². The van der Waals surface area contributed by atoms with Crippen molar-refractivity contribution in [1.82, 2.24) is 40.4 Å². The van der Waals surface area contributed by atoms with E-state index in [1.807, 2.05) is 38.8 Å². The maximum absolute atomic E-state index is 13.8. The van der Waals surface area contributed by atoms with Crippen LogP contribution in [0.5, 0.6) is 5.75 Å². The second-order valence-corrected chi connectivity index (χ2v) is 16.6. The molecular weight excluding hydrogens is 753 g/mol. The molecule has 15 heteroatoms. The molecule has 4 unspecified atom stereocenters. The molecule has 5 heterocycles. The normalized spacial score (nSPS) is 19.0. The standard InChI is InChI=1S/C44H52N8O7/c1-22(2)36(49-43(55)57-6)41(53)51-13-8-9-32(51)39-45-19-30(47-39)27-15-25-10-11-26-16-28(18-33-35(26)34(25)29(17-27)21-59-33)31-20-46-40(48-31)38-24(5)12-14-52(38)42(54)37(23(3)4)50-44(56)58-7/h15-20,22-23,32,36-38H,5,8-14,21H2,1-4,6-7H3,(H,45,47)(H,46,48)(H,49,55)(H,50,56). The average molecular weight is 805 g/mol. The summed E-state index contributed by atoms with van der Waals surface area (Å²) < 4.78 is 16.1. The number of hydrogen-bond acceptors (Lipinski definition) is 9. The van der Waals surface area contributed by atoms with Crippen LogP contribution in [0, 0.1) is 11.8 Å². The molecule has 0 radical (unpaired) electrons. The molecule has 4 aromatic rings. The summed E-state index contributed by atoms with van der Waals surface area (Å²) in [4.78, 5) is 71.7. The lowest BCUT2D eigenvalue weighted by molar-refractivity contribution is -0.136. The Balaban J connectivity index is 1.03. The molecule has 2 aromatic carbocycles. The minimum absolute atomic E-state index is 0.115. The van der Waals surface area contributed by atoms with Gasteiger partial charge in [0.2, 0.25) is 11.8 Å². The number of likely N-dealkylation sites (tertiary alicyclic amines) is 2. The third kappa shape index (κ3) is 7.31. The molecule has 15 nitrogen and oxygen atoms in total. The molecule has 4 aliphatic rings. The van der Waals surface area contributed by atoms with E-state index in [-0.39, 0.29) is 29.7 Å². The number of aromatic amines is 2. The van der Waals surface area contributed by atoms with Crippen LogP contribution in [0.2, 0.25) is 0 Å². The topological polar surface area (TPSA) is 184 Å². The van der Waals surface area contributed by atoms with Crippen molar-refractivity contribution in [2.75, 3.05) is 27.3 Å². The Bertz CT molecular complexity index is 2280. The third-order valence-electron chi connectivity index (χ3n) is 12.1. The molecule has 310 valence electrons. The number of amides is 4. The molecule has 0 spiro atoms. The first kappa shape index (κ1) is 39.7. The van der Waals surface area contributed by atoms with Gasteiger partial charge in [0.25, 0.3) is 0 Å². The van der Waals surface area contributed by atoms with Crippen molar-refractivity contribution in [1.29, 1.82) is 0 Å². The van der Waals surface area contributed by atoms with Crippen LogP contribution in [-0.4, -0.2) is 93.1 Å².